The number of benzene rings is 1. The molecular weight excluding hydrogens is 384 g/mol. The molecule has 3 heterocycles. The summed E-state index contributed by atoms with van der Waals surface area (Å²) in [7, 11) is 1.78. The van der Waals surface area contributed by atoms with Gasteiger partial charge in [0.1, 0.15) is 16.5 Å². The number of rotatable bonds is 3. The molecule has 0 unspecified atom stereocenters. The van der Waals surface area contributed by atoms with E-state index in [9.17, 15) is 4.79 Å². The summed E-state index contributed by atoms with van der Waals surface area (Å²) in [5.74, 6) is 0.278. The molecule has 29 heavy (non-hydrogen) atoms. The van der Waals surface area contributed by atoms with Crippen molar-refractivity contribution in [2.75, 3.05) is 22.2 Å². The number of aryl methyl sites for hydroxylation is 1. The Hall–Kier alpha value is -3.13. The zero-order valence-electron chi connectivity index (χ0n) is 16.9. The van der Waals surface area contributed by atoms with E-state index in [1.165, 1.54) is 0 Å². The van der Waals surface area contributed by atoms with Gasteiger partial charge >= 0.3 is 0 Å². The molecule has 0 fully saturated rings. The first-order valence-corrected chi connectivity index (χ1v) is 10.3. The molecule has 3 N–H and O–H groups in total. The molecule has 8 heteroatoms. The largest absolute Gasteiger partial charge is 0.359 e. The third-order valence-electron chi connectivity index (χ3n) is 4.91. The minimum Gasteiger partial charge on any atom is -0.359 e. The van der Waals surface area contributed by atoms with E-state index in [1.54, 1.807) is 23.1 Å². The van der Waals surface area contributed by atoms with Crippen LogP contribution in [0.25, 0.3) is 0 Å². The number of nitrogens with zero attached hydrogens (tertiary/aromatic N) is 3. The molecule has 0 saturated heterocycles. The van der Waals surface area contributed by atoms with E-state index in [4.69, 9.17) is 5.41 Å². The first-order valence-electron chi connectivity index (χ1n) is 9.38. The molecule has 4 rings (SSSR count). The summed E-state index contributed by atoms with van der Waals surface area (Å²) >= 11 is 1.60. The summed E-state index contributed by atoms with van der Waals surface area (Å²) < 4.78 is 1.61. The number of nitrogens with one attached hydrogen (secondary N) is 3. The van der Waals surface area contributed by atoms with Gasteiger partial charge in [-0.05, 0) is 41.8 Å². The molecule has 3 aromatic rings. The summed E-state index contributed by atoms with van der Waals surface area (Å²) in [6, 6.07) is 11.3. The highest BCUT2D eigenvalue weighted by atomic mass is 32.1. The van der Waals surface area contributed by atoms with Gasteiger partial charge in [0.05, 0.1) is 17.9 Å². The smallest absolute Gasteiger partial charge is 0.273 e. The van der Waals surface area contributed by atoms with Crippen molar-refractivity contribution in [1.29, 1.82) is 5.41 Å². The average molecular weight is 409 g/mol. The van der Waals surface area contributed by atoms with Crippen LogP contribution in [0.3, 0.4) is 0 Å². The number of amides is 1. The number of hydrogen-bond acceptors (Lipinski definition) is 5. The van der Waals surface area contributed by atoms with Crippen molar-refractivity contribution in [2.24, 2.45) is 7.05 Å². The van der Waals surface area contributed by atoms with Gasteiger partial charge < -0.3 is 15.5 Å². The fraction of sp³-hybridized carbons (Fsp3) is 0.286. The minimum atomic E-state index is -0.196. The maximum Gasteiger partial charge on any atom is 0.273 e. The highest BCUT2D eigenvalue weighted by molar-refractivity contribution is 7.14. The zero-order valence-corrected chi connectivity index (χ0v) is 17.7. The van der Waals surface area contributed by atoms with Crippen LogP contribution in [0.1, 0.15) is 42.5 Å². The van der Waals surface area contributed by atoms with Crippen LogP contribution in [-0.4, -0.2) is 28.2 Å². The SMILES string of the molecule is Cn1nc(C(C)(C)C)cc1C(=O)Nc1ccc(N2CNc3sccc3C2=N)cc1. The molecule has 0 spiro atoms. The lowest BCUT2D eigenvalue weighted by Crippen LogP contribution is -2.39. The van der Waals surface area contributed by atoms with Gasteiger partial charge in [-0.25, -0.2) is 0 Å². The van der Waals surface area contributed by atoms with Crippen molar-refractivity contribution in [3.05, 3.63) is 58.7 Å². The van der Waals surface area contributed by atoms with Crippen LogP contribution in [-0.2, 0) is 12.5 Å². The second-order valence-corrected chi connectivity index (χ2v) is 8.98. The van der Waals surface area contributed by atoms with Gasteiger partial charge in [-0.3, -0.25) is 14.9 Å². The summed E-state index contributed by atoms with van der Waals surface area (Å²) in [4.78, 5) is 14.6. The van der Waals surface area contributed by atoms with Crippen molar-refractivity contribution in [2.45, 2.75) is 26.2 Å². The number of carbonyl (C=O) groups excluding carboxylic acids is 1. The minimum absolute atomic E-state index is 0.118. The van der Waals surface area contributed by atoms with Crippen LogP contribution in [0.5, 0.6) is 0 Å². The zero-order chi connectivity index (χ0) is 20.8. The van der Waals surface area contributed by atoms with Crippen LogP contribution in [0.15, 0.2) is 41.8 Å². The molecule has 7 nitrogen and oxygen atoms in total. The molecule has 150 valence electrons. The van der Waals surface area contributed by atoms with Crippen molar-refractivity contribution in [3.8, 4) is 0 Å². The van der Waals surface area contributed by atoms with Gasteiger partial charge in [-0.15, -0.1) is 11.3 Å². The van der Waals surface area contributed by atoms with Crippen molar-refractivity contribution >= 4 is 39.5 Å². The highest BCUT2D eigenvalue weighted by Crippen LogP contribution is 2.31. The normalized spacial score (nSPS) is 13.8. The van der Waals surface area contributed by atoms with E-state index in [0.717, 1.165) is 21.9 Å². The maximum atomic E-state index is 12.7. The number of carbonyl (C=O) groups is 1. The topological polar surface area (TPSA) is 86.0 Å². The number of hydrogen-bond donors (Lipinski definition) is 3. The Balaban J connectivity index is 1.49. The predicted molar refractivity (Wildman–Crippen MR) is 118 cm³/mol. The van der Waals surface area contributed by atoms with E-state index >= 15 is 0 Å². The number of amidine groups is 1. The second kappa shape index (κ2) is 7.04. The third kappa shape index (κ3) is 3.63. The molecule has 0 bridgehead atoms. The molecule has 1 aliphatic heterocycles. The van der Waals surface area contributed by atoms with Crippen molar-refractivity contribution < 1.29 is 4.79 Å². The second-order valence-electron chi connectivity index (χ2n) is 8.06. The first kappa shape index (κ1) is 19.2. The molecule has 1 aliphatic rings. The third-order valence-corrected chi connectivity index (χ3v) is 5.78. The summed E-state index contributed by atoms with van der Waals surface area (Å²) in [5, 5.41) is 22.2. The standard InChI is InChI=1S/C21H24N6OS/c1-21(2,3)17-11-16(26(4)25-17)19(28)24-13-5-7-14(8-6-13)27-12-23-20-15(18(27)22)9-10-29-20/h5-11,22-23H,12H2,1-4H3,(H,24,28). The Morgan fingerprint density at radius 3 is 2.62 bits per heavy atom. The molecular formula is C21H24N6OS. The monoisotopic (exact) mass is 408 g/mol. The molecule has 1 amide bonds. The summed E-state index contributed by atoms with van der Waals surface area (Å²) in [5.41, 5.74) is 3.78. The molecule has 0 radical (unpaired) electrons. The number of anilines is 3. The Kier molecular flexibility index (Phi) is 4.66. The molecule has 2 aromatic heterocycles. The van der Waals surface area contributed by atoms with Crippen LogP contribution < -0.4 is 15.5 Å². The lowest BCUT2D eigenvalue weighted by atomic mass is 9.92. The van der Waals surface area contributed by atoms with Gasteiger partial charge in [0.15, 0.2) is 0 Å². The lowest BCUT2D eigenvalue weighted by Gasteiger charge is -2.30. The van der Waals surface area contributed by atoms with E-state index in [0.29, 0.717) is 23.9 Å². The Morgan fingerprint density at radius 2 is 1.97 bits per heavy atom. The van der Waals surface area contributed by atoms with Gasteiger partial charge in [-0.2, -0.15) is 5.10 Å². The van der Waals surface area contributed by atoms with Crippen molar-refractivity contribution in [3.63, 3.8) is 0 Å². The van der Waals surface area contributed by atoms with Crippen LogP contribution in [0.4, 0.5) is 16.4 Å². The number of thiophene rings is 1. The van der Waals surface area contributed by atoms with Crippen LogP contribution in [0, 0.1) is 5.41 Å². The number of aromatic nitrogens is 2. The van der Waals surface area contributed by atoms with Gasteiger partial charge in [0.25, 0.3) is 5.91 Å². The predicted octanol–water partition coefficient (Wildman–Crippen LogP) is 4.25. The van der Waals surface area contributed by atoms with Crippen molar-refractivity contribution in [1.82, 2.24) is 9.78 Å². The molecule has 0 atom stereocenters. The van der Waals surface area contributed by atoms with E-state index < -0.39 is 0 Å². The number of fused-ring (bicyclic) bond motifs is 1. The fourth-order valence-electron chi connectivity index (χ4n) is 3.19. The molecule has 0 saturated carbocycles. The van der Waals surface area contributed by atoms with Gasteiger partial charge in [-0.1, -0.05) is 20.8 Å². The first-order chi connectivity index (χ1) is 13.7. The molecule has 1 aromatic carbocycles. The van der Waals surface area contributed by atoms with Gasteiger partial charge in [0, 0.05) is 23.8 Å². The highest BCUT2D eigenvalue weighted by Gasteiger charge is 2.24. The lowest BCUT2D eigenvalue weighted by molar-refractivity contribution is 0.101. The summed E-state index contributed by atoms with van der Waals surface area (Å²) in [6.45, 7) is 6.76. The van der Waals surface area contributed by atoms with Gasteiger partial charge in [0.2, 0.25) is 0 Å². The fourth-order valence-corrected chi connectivity index (χ4v) is 3.97. The average Bonchev–Trinajstić information content (AvgIpc) is 3.29. The Bertz CT molecular complexity index is 1070. The van der Waals surface area contributed by atoms with Crippen LogP contribution >= 0.6 is 11.3 Å². The summed E-state index contributed by atoms with van der Waals surface area (Å²) in [6.07, 6.45) is 0. The maximum absolute atomic E-state index is 12.7. The molecule has 0 aliphatic carbocycles. The van der Waals surface area contributed by atoms with E-state index in [1.807, 2.05) is 46.7 Å². The van der Waals surface area contributed by atoms with Crippen LogP contribution in [0.2, 0.25) is 0 Å². The van der Waals surface area contributed by atoms with E-state index in [2.05, 4.69) is 36.5 Å². The Morgan fingerprint density at radius 1 is 1.24 bits per heavy atom. The Labute approximate surface area is 173 Å². The van der Waals surface area contributed by atoms with E-state index in [-0.39, 0.29) is 11.3 Å². The quantitative estimate of drug-likeness (QED) is 0.605.